The van der Waals surface area contributed by atoms with Crippen molar-refractivity contribution in [2.24, 2.45) is 0 Å². The van der Waals surface area contributed by atoms with Crippen molar-refractivity contribution in [1.29, 1.82) is 0 Å². The molecule has 5 N–H and O–H groups in total. The van der Waals surface area contributed by atoms with E-state index >= 15 is 0 Å². The largest absolute Gasteiger partial charge is 0.582 e. The van der Waals surface area contributed by atoms with Gasteiger partial charge >= 0.3 is 12.9 Å². The van der Waals surface area contributed by atoms with E-state index in [1.54, 1.807) is 4.57 Å². The fourth-order valence-corrected chi connectivity index (χ4v) is 7.24. The highest BCUT2D eigenvalue weighted by Crippen LogP contribution is 2.41. The van der Waals surface area contributed by atoms with Gasteiger partial charge in [0.1, 0.15) is 60.4 Å². The molecule has 2 saturated heterocycles. The molecule has 0 radical (unpaired) electrons. The predicted molar refractivity (Wildman–Crippen MR) is 156 cm³/mol. The number of anilines is 2. The monoisotopic (exact) mass is 694 g/mol. The van der Waals surface area contributed by atoms with Gasteiger partial charge in [-0.15, -0.1) is 4.52 Å². The molecule has 0 saturated carbocycles. The molecule has 3 aromatic heterocycles. The summed E-state index contributed by atoms with van der Waals surface area (Å²) in [5.74, 6) is 0.188. The van der Waals surface area contributed by atoms with Crippen LogP contribution in [-0.4, -0.2) is 98.2 Å². The van der Waals surface area contributed by atoms with Crippen molar-refractivity contribution in [3.8, 4) is 0 Å². The van der Waals surface area contributed by atoms with Crippen LogP contribution in [0.1, 0.15) is 12.5 Å². The first-order valence-corrected chi connectivity index (χ1v) is 17.5. The molecule has 19 nitrogen and oxygen atoms in total. The molecule has 9 unspecified atom stereocenters. The molecule has 0 spiro atoms. The summed E-state index contributed by atoms with van der Waals surface area (Å²) in [6, 6.07) is 1.41. The number of aromatic nitrogens is 6. The van der Waals surface area contributed by atoms with Crippen molar-refractivity contribution >= 4 is 60.1 Å². The number of fused-ring (bicyclic) bond motifs is 1. The number of methoxy groups -OCH3 is 2. The van der Waals surface area contributed by atoms with E-state index in [0.717, 1.165) is 4.57 Å². The molecular formula is C21H28N8O11P2S2. The lowest BCUT2D eigenvalue weighted by Crippen LogP contribution is -2.38. The molecule has 0 bridgehead atoms. The molecule has 3 aromatic rings. The van der Waals surface area contributed by atoms with Gasteiger partial charge in [0.05, 0.1) is 19.5 Å². The van der Waals surface area contributed by atoms with Gasteiger partial charge in [-0.2, -0.15) is 4.98 Å². The SMILES string of the molecule is COC1C(OP=[S-](=O)OCC2OC(n3cnc4c(N)ncnc43)C(OC)C2O[P+](=O)S)C(CO)OC1n1ccc(N)nc1=O. The van der Waals surface area contributed by atoms with E-state index in [-0.39, 0.29) is 25.8 Å². The van der Waals surface area contributed by atoms with Crippen molar-refractivity contribution < 1.29 is 46.1 Å². The second-order valence-electron chi connectivity index (χ2n) is 9.29. The number of ether oxygens (including phenoxy) is 4. The number of nitrogens with zero attached hydrogens (tertiary/aromatic N) is 6. The Kier molecular flexibility index (Phi) is 10.8. The van der Waals surface area contributed by atoms with Gasteiger partial charge in [-0.3, -0.25) is 9.13 Å². The molecular weight excluding hydrogens is 666 g/mol. The first kappa shape index (κ1) is 33.0. The molecule has 5 heterocycles. The second kappa shape index (κ2) is 14.4. The number of nitrogen functional groups attached to an aromatic ring is 2. The third-order valence-electron chi connectivity index (χ3n) is 6.85. The molecule has 23 heteroatoms. The van der Waals surface area contributed by atoms with E-state index in [1.807, 2.05) is 0 Å². The van der Waals surface area contributed by atoms with E-state index in [4.69, 9.17) is 43.6 Å². The van der Waals surface area contributed by atoms with Crippen LogP contribution in [-0.2, 0) is 51.2 Å². The van der Waals surface area contributed by atoms with Crippen LogP contribution < -0.4 is 17.2 Å². The van der Waals surface area contributed by atoms with Gasteiger partial charge in [0.15, 0.2) is 30.0 Å². The van der Waals surface area contributed by atoms with Crippen LogP contribution in [0, 0.1) is 0 Å². The number of thiol groups is 1. The zero-order chi connectivity index (χ0) is 31.5. The molecule has 2 fully saturated rings. The van der Waals surface area contributed by atoms with Crippen LogP contribution in [0.4, 0.5) is 11.6 Å². The van der Waals surface area contributed by atoms with Crippen LogP contribution >= 0.6 is 27.1 Å². The lowest BCUT2D eigenvalue weighted by Gasteiger charge is -2.23. The Morgan fingerprint density at radius 2 is 1.80 bits per heavy atom. The maximum atomic E-state index is 12.9. The normalized spacial score (nSPS) is 29.9. The number of imidazole rings is 1. The van der Waals surface area contributed by atoms with Gasteiger partial charge in [-0.05, 0) is 18.2 Å². The zero-order valence-corrected chi connectivity index (χ0v) is 26.5. The molecule has 0 aliphatic carbocycles. The van der Waals surface area contributed by atoms with Gasteiger partial charge in [-0.1, -0.05) is 10.3 Å². The van der Waals surface area contributed by atoms with E-state index < -0.39 is 78.9 Å². The Bertz CT molecular complexity index is 1640. The summed E-state index contributed by atoms with van der Waals surface area (Å²) in [5, 5.41) is 9.89. The minimum absolute atomic E-state index is 0.0242. The van der Waals surface area contributed by atoms with E-state index in [2.05, 4.69) is 32.2 Å². The minimum Gasteiger partial charge on any atom is -0.444 e. The quantitative estimate of drug-likeness (QED) is 0.111. The summed E-state index contributed by atoms with van der Waals surface area (Å²) in [6.45, 7) is -0.796. The fourth-order valence-electron chi connectivity index (χ4n) is 4.91. The third-order valence-corrected chi connectivity index (χ3v) is 9.29. The van der Waals surface area contributed by atoms with Crippen molar-refractivity contribution in [3.63, 3.8) is 0 Å². The highest BCUT2D eigenvalue weighted by molar-refractivity contribution is 8.39. The van der Waals surface area contributed by atoms with Crippen LogP contribution in [0.25, 0.3) is 11.2 Å². The highest BCUT2D eigenvalue weighted by atomic mass is 32.7. The first-order valence-electron chi connectivity index (χ1n) is 12.7. The number of rotatable bonds is 12. The van der Waals surface area contributed by atoms with Gasteiger partial charge in [0, 0.05) is 20.4 Å². The number of nitrogens with two attached hydrogens (primary N) is 2. The summed E-state index contributed by atoms with van der Waals surface area (Å²) >= 11 is 3.86. The van der Waals surface area contributed by atoms with Crippen molar-refractivity contribution in [3.05, 3.63) is 35.4 Å². The summed E-state index contributed by atoms with van der Waals surface area (Å²) in [4.78, 5) is 28.4. The van der Waals surface area contributed by atoms with Crippen LogP contribution in [0.2, 0.25) is 0 Å². The van der Waals surface area contributed by atoms with E-state index in [0.29, 0.717) is 11.2 Å². The third kappa shape index (κ3) is 6.74. The average molecular weight is 695 g/mol. The first-order chi connectivity index (χ1) is 21.2. The maximum Gasteiger partial charge on any atom is 0.582 e. The lowest BCUT2D eigenvalue weighted by molar-refractivity contribution is -0.0624. The van der Waals surface area contributed by atoms with Gasteiger partial charge in [0.2, 0.25) is 0 Å². The summed E-state index contributed by atoms with van der Waals surface area (Å²) < 4.78 is 67.4. The summed E-state index contributed by atoms with van der Waals surface area (Å²) in [6.07, 6.45) is -3.33. The van der Waals surface area contributed by atoms with Crippen LogP contribution in [0.3, 0.4) is 0 Å². The van der Waals surface area contributed by atoms with Crippen molar-refractivity contribution in [2.45, 2.75) is 49.1 Å². The number of hydrogen-bond donors (Lipinski definition) is 4. The standard InChI is InChI=1S/C21H27N8O11P2S2/c1-34-15-13(9(5-30)37-19(15)28-4-3-11(22)27-21(28)31)39-41-44(33)36-6-10-14(40-42(32)43)16(35-2)20(38-10)29-8-26-12-17(23)24-7-25-18(12)29/h3-4,7-10,13-16,19-20,30H,5-6H2,1-2H3,(H4-,22,23,24,25,27,31,32,43)/q-1/p+1. The van der Waals surface area contributed by atoms with E-state index in [9.17, 15) is 18.7 Å². The molecule has 5 rings (SSSR count). The zero-order valence-electron chi connectivity index (χ0n) is 23.0. The molecule has 0 aromatic carbocycles. The van der Waals surface area contributed by atoms with Crippen molar-refractivity contribution in [2.75, 3.05) is 38.9 Å². The Morgan fingerprint density at radius 3 is 2.48 bits per heavy atom. The van der Waals surface area contributed by atoms with E-state index in [1.165, 1.54) is 39.1 Å². The van der Waals surface area contributed by atoms with Gasteiger partial charge < -0.3 is 48.4 Å². The highest BCUT2D eigenvalue weighted by Gasteiger charge is 2.51. The molecule has 2 aliphatic heterocycles. The number of aliphatic hydroxyl groups excluding tert-OH is 1. The van der Waals surface area contributed by atoms with Crippen molar-refractivity contribution in [1.82, 2.24) is 29.1 Å². The van der Waals surface area contributed by atoms with Gasteiger partial charge in [0.25, 0.3) is 0 Å². The maximum absolute atomic E-state index is 12.9. The van der Waals surface area contributed by atoms with Crippen LogP contribution in [0.15, 0.2) is 29.7 Å². The number of aliphatic hydroxyl groups is 1. The average Bonchev–Trinajstić information content (AvgIpc) is 3.68. The smallest absolute Gasteiger partial charge is 0.444 e. The minimum atomic E-state index is -2.40. The molecule has 240 valence electrons. The Labute approximate surface area is 258 Å². The lowest BCUT2D eigenvalue weighted by atomic mass is 10.1. The Balaban J connectivity index is 1.30. The summed E-state index contributed by atoms with van der Waals surface area (Å²) in [5.41, 5.74) is 11.5. The predicted octanol–water partition coefficient (Wildman–Crippen LogP) is 0.0939. The molecule has 0 amide bonds. The summed E-state index contributed by atoms with van der Waals surface area (Å²) in [7, 11) is -1.87. The molecule has 2 aliphatic rings. The molecule has 44 heavy (non-hydrogen) atoms. The Hall–Kier alpha value is -2.39. The number of hydrogen-bond acceptors (Lipinski definition) is 18. The topological polar surface area (TPSA) is 250 Å². The van der Waals surface area contributed by atoms with Gasteiger partial charge in [-0.25, -0.2) is 19.7 Å². The van der Waals surface area contributed by atoms with Crippen LogP contribution in [0.5, 0.6) is 0 Å². The second-order valence-corrected chi connectivity index (χ2v) is 13.3. The molecule has 9 atom stereocenters. The fraction of sp³-hybridized carbons (Fsp3) is 0.571. The Morgan fingerprint density at radius 1 is 1.09 bits per heavy atom.